The van der Waals surface area contributed by atoms with Gasteiger partial charge in [0, 0.05) is 23.9 Å². The van der Waals surface area contributed by atoms with Gasteiger partial charge in [-0.2, -0.15) is 0 Å². The van der Waals surface area contributed by atoms with Crippen molar-refractivity contribution in [2.75, 3.05) is 7.05 Å². The minimum atomic E-state index is -0.675. The van der Waals surface area contributed by atoms with Crippen molar-refractivity contribution in [3.8, 4) is 5.75 Å². The van der Waals surface area contributed by atoms with Gasteiger partial charge in [-0.25, -0.2) is 8.78 Å². The number of halogens is 3. The Hall–Kier alpha value is -0.680. The SMILES string of the molecule is CNC1CC(Oc2c(F)cc(F)cc2Br)C1(C)C. The Morgan fingerprint density at radius 2 is 2.06 bits per heavy atom. The second-order valence-electron chi connectivity index (χ2n) is 5.20. The molecule has 0 aliphatic heterocycles. The van der Waals surface area contributed by atoms with Gasteiger partial charge in [-0.15, -0.1) is 0 Å². The summed E-state index contributed by atoms with van der Waals surface area (Å²) in [5.41, 5.74) is -0.0744. The number of rotatable bonds is 3. The lowest BCUT2D eigenvalue weighted by molar-refractivity contribution is -0.0542. The van der Waals surface area contributed by atoms with Crippen LogP contribution in [0.15, 0.2) is 16.6 Å². The predicted octanol–water partition coefficient (Wildman–Crippen LogP) is 3.49. The van der Waals surface area contributed by atoms with Crippen LogP contribution in [0.5, 0.6) is 5.75 Å². The van der Waals surface area contributed by atoms with Crippen LogP contribution in [0.4, 0.5) is 8.78 Å². The van der Waals surface area contributed by atoms with Crippen molar-refractivity contribution in [3.63, 3.8) is 0 Å². The second kappa shape index (κ2) is 4.78. The smallest absolute Gasteiger partial charge is 0.169 e. The number of hydrogen-bond acceptors (Lipinski definition) is 2. The molecule has 0 radical (unpaired) electrons. The molecular weight excluding hydrogens is 304 g/mol. The highest BCUT2D eigenvalue weighted by atomic mass is 79.9. The molecule has 1 saturated carbocycles. The molecule has 2 rings (SSSR count). The lowest BCUT2D eigenvalue weighted by Crippen LogP contribution is -2.61. The summed E-state index contributed by atoms with van der Waals surface area (Å²) in [4.78, 5) is 0. The van der Waals surface area contributed by atoms with Gasteiger partial charge < -0.3 is 10.1 Å². The molecule has 2 unspecified atom stereocenters. The van der Waals surface area contributed by atoms with Gasteiger partial charge in [0.05, 0.1) is 4.47 Å². The van der Waals surface area contributed by atoms with E-state index in [2.05, 4.69) is 35.1 Å². The van der Waals surface area contributed by atoms with E-state index >= 15 is 0 Å². The molecule has 0 heterocycles. The van der Waals surface area contributed by atoms with Crippen LogP contribution in [0.3, 0.4) is 0 Å². The minimum absolute atomic E-state index is 0.0744. The molecule has 0 spiro atoms. The van der Waals surface area contributed by atoms with E-state index in [1.807, 2.05) is 7.05 Å². The van der Waals surface area contributed by atoms with E-state index in [1.54, 1.807) is 0 Å². The summed E-state index contributed by atoms with van der Waals surface area (Å²) >= 11 is 3.13. The van der Waals surface area contributed by atoms with Crippen LogP contribution in [0.2, 0.25) is 0 Å². The molecule has 1 fully saturated rings. The topological polar surface area (TPSA) is 21.3 Å². The summed E-state index contributed by atoms with van der Waals surface area (Å²) in [6.07, 6.45) is 0.735. The number of nitrogens with one attached hydrogen (secondary N) is 1. The Bertz CT molecular complexity index is 441. The first-order valence-electron chi connectivity index (χ1n) is 5.84. The summed E-state index contributed by atoms with van der Waals surface area (Å²) in [7, 11) is 1.90. The van der Waals surface area contributed by atoms with Crippen molar-refractivity contribution in [1.82, 2.24) is 5.32 Å². The number of hydrogen-bond donors (Lipinski definition) is 1. The summed E-state index contributed by atoms with van der Waals surface area (Å²) in [5, 5.41) is 3.20. The van der Waals surface area contributed by atoms with Crippen LogP contribution in [-0.2, 0) is 0 Å². The fourth-order valence-electron chi connectivity index (χ4n) is 2.36. The van der Waals surface area contributed by atoms with Crippen molar-refractivity contribution in [2.45, 2.75) is 32.4 Å². The van der Waals surface area contributed by atoms with Crippen LogP contribution in [-0.4, -0.2) is 19.2 Å². The van der Waals surface area contributed by atoms with Crippen molar-refractivity contribution < 1.29 is 13.5 Å². The highest BCUT2D eigenvalue weighted by Gasteiger charge is 2.49. The summed E-state index contributed by atoms with van der Waals surface area (Å²) in [5.74, 6) is -1.21. The van der Waals surface area contributed by atoms with Crippen LogP contribution < -0.4 is 10.1 Å². The third kappa shape index (κ3) is 2.26. The summed E-state index contributed by atoms with van der Waals surface area (Å²) in [6.45, 7) is 4.13. The van der Waals surface area contributed by atoms with E-state index in [4.69, 9.17) is 4.74 Å². The van der Waals surface area contributed by atoms with E-state index < -0.39 is 11.6 Å². The van der Waals surface area contributed by atoms with Crippen molar-refractivity contribution >= 4 is 15.9 Å². The highest BCUT2D eigenvalue weighted by molar-refractivity contribution is 9.10. The summed E-state index contributed by atoms with van der Waals surface area (Å²) in [6, 6.07) is 2.39. The first-order chi connectivity index (χ1) is 8.36. The maximum Gasteiger partial charge on any atom is 0.169 e. The average molecular weight is 320 g/mol. The van der Waals surface area contributed by atoms with Crippen molar-refractivity contribution in [1.29, 1.82) is 0 Å². The molecule has 1 N–H and O–H groups in total. The molecule has 0 bridgehead atoms. The standard InChI is InChI=1S/C13H16BrF2NO/c1-13(2)10(17-3)6-11(13)18-12-8(14)4-7(15)5-9(12)16/h4-5,10-11,17H,6H2,1-3H3. The zero-order valence-electron chi connectivity index (χ0n) is 10.6. The quantitative estimate of drug-likeness (QED) is 0.920. The fourth-order valence-corrected chi connectivity index (χ4v) is 2.86. The Labute approximate surface area is 114 Å². The molecule has 18 heavy (non-hydrogen) atoms. The third-order valence-corrected chi connectivity index (χ3v) is 4.34. The lowest BCUT2D eigenvalue weighted by Gasteiger charge is -2.51. The van der Waals surface area contributed by atoms with Gasteiger partial charge in [-0.1, -0.05) is 13.8 Å². The Morgan fingerprint density at radius 3 is 2.56 bits per heavy atom. The van der Waals surface area contributed by atoms with E-state index in [9.17, 15) is 8.78 Å². The summed E-state index contributed by atoms with van der Waals surface area (Å²) < 4.78 is 32.6. The van der Waals surface area contributed by atoms with E-state index in [1.165, 1.54) is 6.07 Å². The van der Waals surface area contributed by atoms with Gasteiger partial charge in [-0.05, 0) is 29.0 Å². The maximum absolute atomic E-state index is 13.7. The largest absolute Gasteiger partial charge is 0.485 e. The zero-order chi connectivity index (χ0) is 13.5. The predicted molar refractivity (Wildman–Crippen MR) is 69.7 cm³/mol. The fraction of sp³-hybridized carbons (Fsp3) is 0.538. The lowest BCUT2D eigenvalue weighted by atomic mass is 9.64. The van der Waals surface area contributed by atoms with Crippen LogP contribution in [0, 0.1) is 17.0 Å². The number of ether oxygens (including phenoxy) is 1. The molecular formula is C13H16BrF2NO. The maximum atomic E-state index is 13.7. The van der Waals surface area contributed by atoms with Gasteiger partial charge in [0.1, 0.15) is 11.9 Å². The number of benzene rings is 1. The van der Waals surface area contributed by atoms with Gasteiger partial charge in [0.15, 0.2) is 11.6 Å². The minimum Gasteiger partial charge on any atom is -0.485 e. The van der Waals surface area contributed by atoms with Gasteiger partial charge in [0.25, 0.3) is 0 Å². The molecule has 1 aliphatic carbocycles. The second-order valence-corrected chi connectivity index (χ2v) is 6.06. The Kier molecular flexibility index (Phi) is 3.65. The zero-order valence-corrected chi connectivity index (χ0v) is 12.1. The Balaban J connectivity index is 2.17. The van der Waals surface area contributed by atoms with Crippen LogP contribution >= 0.6 is 15.9 Å². The molecule has 5 heteroatoms. The van der Waals surface area contributed by atoms with Crippen LogP contribution in [0.1, 0.15) is 20.3 Å². The molecule has 1 aromatic carbocycles. The third-order valence-electron chi connectivity index (χ3n) is 3.75. The molecule has 0 saturated heterocycles. The highest BCUT2D eigenvalue weighted by Crippen LogP contribution is 2.44. The molecule has 0 aromatic heterocycles. The van der Waals surface area contributed by atoms with Crippen molar-refractivity contribution in [3.05, 3.63) is 28.2 Å². The normalized spacial score (nSPS) is 25.7. The molecule has 1 aliphatic rings. The van der Waals surface area contributed by atoms with E-state index in [0.717, 1.165) is 12.5 Å². The molecule has 1 aromatic rings. The average Bonchev–Trinajstić information content (AvgIpc) is 2.25. The first-order valence-corrected chi connectivity index (χ1v) is 6.64. The van der Waals surface area contributed by atoms with E-state index in [0.29, 0.717) is 10.5 Å². The molecule has 2 atom stereocenters. The monoisotopic (exact) mass is 319 g/mol. The molecule has 100 valence electrons. The Morgan fingerprint density at radius 1 is 1.39 bits per heavy atom. The van der Waals surface area contributed by atoms with Crippen molar-refractivity contribution in [2.24, 2.45) is 5.41 Å². The first kappa shape index (κ1) is 13.7. The molecule has 0 amide bonds. The van der Waals surface area contributed by atoms with E-state index in [-0.39, 0.29) is 17.3 Å². The van der Waals surface area contributed by atoms with Gasteiger partial charge >= 0.3 is 0 Å². The van der Waals surface area contributed by atoms with Crippen LogP contribution in [0.25, 0.3) is 0 Å². The van der Waals surface area contributed by atoms with Gasteiger partial charge in [-0.3, -0.25) is 0 Å². The van der Waals surface area contributed by atoms with Gasteiger partial charge in [0.2, 0.25) is 0 Å². The molecule has 2 nitrogen and oxygen atoms in total.